The van der Waals surface area contributed by atoms with Crippen molar-refractivity contribution in [3.8, 4) is 0 Å². The van der Waals surface area contributed by atoms with Gasteiger partial charge < -0.3 is 20.1 Å². The summed E-state index contributed by atoms with van der Waals surface area (Å²) in [7, 11) is 3.53. The number of carboxylic acids is 1. The van der Waals surface area contributed by atoms with Crippen molar-refractivity contribution in [2.45, 2.75) is 25.3 Å². The van der Waals surface area contributed by atoms with E-state index in [2.05, 4.69) is 10.2 Å². The Kier molecular flexibility index (Phi) is 6.07. The van der Waals surface area contributed by atoms with Gasteiger partial charge in [0, 0.05) is 20.3 Å². The van der Waals surface area contributed by atoms with E-state index < -0.39 is 12.0 Å². The second-order valence-electron chi connectivity index (χ2n) is 4.78. The van der Waals surface area contributed by atoms with Crippen LogP contribution in [0.25, 0.3) is 0 Å². The molecule has 1 heterocycles. The lowest BCUT2D eigenvalue weighted by Crippen LogP contribution is -2.44. The number of nitrogens with zero attached hydrogens (tertiary/aromatic N) is 1. The van der Waals surface area contributed by atoms with Crippen LogP contribution in [0, 0.1) is 5.92 Å². The van der Waals surface area contributed by atoms with Gasteiger partial charge in [-0.15, -0.1) is 0 Å². The fraction of sp³-hybridized carbons (Fsp3) is 0.833. The van der Waals surface area contributed by atoms with E-state index in [-0.39, 0.29) is 11.8 Å². The van der Waals surface area contributed by atoms with Gasteiger partial charge in [0.2, 0.25) is 5.91 Å². The molecule has 104 valence electrons. The quantitative estimate of drug-likeness (QED) is 0.625. The third-order valence-electron chi connectivity index (χ3n) is 3.22. The Morgan fingerprint density at radius 2 is 2.28 bits per heavy atom. The highest BCUT2D eigenvalue weighted by atomic mass is 16.5. The Morgan fingerprint density at radius 3 is 2.78 bits per heavy atom. The van der Waals surface area contributed by atoms with Gasteiger partial charge in [-0.3, -0.25) is 4.79 Å². The van der Waals surface area contributed by atoms with Gasteiger partial charge >= 0.3 is 5.97 Å². The van der Waals surface area contributed by atoms with Crippen LogP contribution in [0.4, 0.5) is 0 Å². The van der Waals surface area contributed by atoms with Gasteiger partial charge in [0.25, 0.3) is 0 Å². The predicted molar refractivity (Wildman–Crippen MR) is 66.3 cm³/mol. The fourth-order valence-electron chi connectivity index (χ4n) is 2.13. The summed E-state index contributed by atoms with van der Waals surface area (Å²) >= 11 is 0. The smallest absolute Gasteiger partial charge is 0.326 e. The molecule has 2 unspecified atom stereocenters. The number of amides is 1. The SMILES string of the molecule is COCCCC(NC(=O)C1CCN(C)C1)C(=O)O. The van der Waals surface area contributed by atoms with Gasteiger partial charge in [0.05, 0.1) is 5.92 Å². The van der Waals surface area contributed by atoms with Crippen molar-refractivity contribution in [1.29, 1.82) is 0 Å². The third-order valence-corrected chi connectivity index (χ3v) is 3.22. The van der Waals surface area contributed by atoms with E-state index in [1.165, 1.54) is 0 Å². The minimum absolute atomic E-state index is 0.0840. The van der Waals surface area contributed by atoms with E-state index in [1.54, 1.807) is 7.11 Å². The van der Waals surface area contributed by atoms with Crippen LogP contribution in [-0.2, 0) is 14.3 Å². The first-order valence-corrected chi connectivity index (χ1v) is 6.25. The lowest BCUT2D eigenvalue weighted by molar-refractivity contribution is -0.142. The number of carbonyl (C=O) groups excluding carboxylic acids is 1. The molecule has 0 aromatic heterocycles. The van der Waals surface area contributed by atoms with Gasteiger partial charge in [-0.25, -0.2) is 4.79 Å². The molecule has 0 aromatic rings. The summed E-state index contributed by atoms with van der Waals surface area (Å²) in [5, 5.41) is 11.7. The molecule has 1 saturated heterocycles. The molecule has 1 amide bonds. The van der Waals surface area contributed by atoms with Gasteiger partial charge in [-0.2, -0.15) is 0 Å². The second-order valence-corrected chi connectivity index (χ2v) is 4.78. The molecule has 0 spiro atoms. The van der Waals surface area contributed by atoms with Crippen LogP contribution in [0.5, 0.6) is 0 Å². The Bertz CT molecular complexity index is 296. The Morgan fingerprint density at radius 1 is 1.56 bits per heavy atom. The minimum Gasteiger partial charge on any atom is -0.480 e. The van der Waals surface area contributed by atoms with Crippen LogP contribution in [0.2, 0.25) is 0 Å². The Hall–Kier alpha value is -1.14. The van der Waals surface area contributed by atoms with Gasteiger partial charge in [-0.05, 0) is 32.9 Å². The van der Waals surface area contributed by atoms with Crippen molar-refractivity contribution in [3.05, 3.63) is 0 Å². The molecule has 2 N–H and O–H groups in total. The van der Waals surface area contributed by atoms with Crippen molar-refractivity contribution in [2.75, 3.05) is 33.9 Å². The van der Waals surface area contributed by atoms with Crippen molar-refractivity contribution >= 4 is 11.9 Å². The summed E-state index contributed by atoms with van der Waals surface area (Å²) in [5.41, 5.74) is 0. The van der Waals surface area contributed by atoms with Crippen LogP contribution in [0.3, 0.4) is 0 Å². The normalized spacial score (nSPS) is 21.8. The maximum Gasteiger partial charge on any atom is 0.326 e. The number of hydrogen-bond acceptors (Lipinski definition) is 4. The van der Waals surface area contributed by atoms with Crippen LogP contribution in [0.15, 0.2) is 0 Å². The zero-order valence-electron chi connectivity index (χ0n) is 11.0. The monoisotopic (exact) mass is 258 g/mol. The zero-order valence-corrected chi connectivity index (χ0v) is 11.0. The molecule has 6 heteroatoms. The van der Waals surface area contributed by atoms with E-state index in [0.29, 0.717) is 26.0 Å². The van der Waals surface area contributed by atoms with Crippen LogP contribution >= 0.6 is 0 Å². The van der Waals surface area contributed by atoms with E-state index in [1.807, 2.05) is 7.05 Å². The molecule has 1 aliphatic rings. The number of nitrogens with one attached hydrogen (secondary N) is 1. The Balaban J connectivity index is 2.40. The molecule has 0 bridgehead atoms. The molecule has 0 aromatic carbocycles. The highest BCUT2D eigenvalue weighted by Crippen LogP contribution is 2.14. The van der Waals surface area contributed by atoms with Gasteiger partial charge in [-0.1, -0.05) is 0 Å². The summed E-state index contributed by atoms with van der Waals surface area (Å²) in [6.07, 6.45) is 1.82. The van der Waals surface area contributed by atoms with Crippen LogP contribution in [0.1, 0.15) is 19.3 Å². The number of carboxylic acid groups (broad SMARTS) is 1. The summed E-state index contributed by atoms with van der Waals surface area (Å²) in [4.78, 5) is 25.0. The molecule has 0 radical (unpaired) electrons. The van der Waals surface area contributed by atoms with Gasteiger partial charge in [0.1, 0.15) is 6.04 Å². The number of likely N-dealkylation sites (tertiary alicyclic amines) is 1. The van der Waals surface area contributed by atoms with E-state index in [0.717, 1.165) is 13.0 Å². The van der Waals surface area contributed by atoms with Crippen molar-refractivity contribution < 1.29 is 19.4 Å². The average molecular weight is 258 g/mol. The predicted octanol–water partition coefficient (Wildman–Crippen LogP) is -0.0659. The van der Waals surface area contributed by atoms with Crippen LogP contribution < -0.4 is 5.32 Å². The number of rotatable bonds is 7. The molecule has 18 heavy (non-hydrogen) atoms. The van der Waals surface area contributed by atoms with Crippen molar-refractivity contribution in [3.63, 3.8) is 0 Å². The molecule has 1 rings (SSSR count). The highest BCUT2D eigenvalue weighted by Gasteiger charge is 2.29. The number of aliphatic carboxylic acids is 1. The molecular formula is C12H22N2O4. The first-order chi connectivity index (χ1) is 8.54. The molecule has 0 aliphatic carbocycles. The molecule has 2 atom stereocenters. The largest absolute Gasteiger partial charge is 0.480 e. The van der Waals surface area contributed by atoms with Gasteiger partial charge in [0.15, 0.2) is 0 Å². The number of ether oxygens (including phenoxy) is 1. The summed E-state index contributed by atoms with van der Waals surface area (Å²) in [6, 6.07) is -0.807. The standard InChI is InChI=1S/C12H22N2O4/c1-14-6-5-9(8-14)11(15)13-10(12(16)17)4-3-7-18-2/h9-10H,3-8H2,1-2H3,(H,13,15)(H,16,17). The second kappa shape index (κ2) is 7.33. The minimum atomic E-state index is -0.981. The van der Waals surface area contributed by atoms with Crippen molar-refractivity contribution in [1.82, 2.24) is 10.2 Å². The third kappa shape index (κ3) is 4.62. The topological polar surface area (TPSA) is 78.9 Å². The van der Waals surface area contributed by atoms with E-state index >= 15 is 0 Å². The van der Waals surface area contributed by atoms with E-state index in [9.17, 15) is 9.59 Å². The maximum atomic E-state index is 11.9. The zero-order chi connectivity index (χ0) is 13.5. The first-order valence-electron chi connectivity index (χ1n) is 6.25. The maximum absolute atomic E-state index is 11.9. The molecular weight excluding hydrogens is 236 g/mol. The molecule has 6 nitrogen and oxygen atoms in total. The molecule has 1 aliphatic heterocycles. The van der Waals surface area contributed by atoms with E-state index in [4.69, 9.17) is 9.84 Å². The van der Waals surface area contributed by atoms with Crippen LogP contribution in [-0.4, -0.2) is 61.8 Å². The number of carbonyl (C=O) groups is 2. The summed E-state index contributed by atoms with van der Waals surface area (Å²) in [6.45, 7) is 2.10. The first kappa shape index (κ1) is 14.9. The Labute approximate surface area is 107 Å². The number of methoxy groups -OCH3 is 1. The fourth-order valence-corrected chi connectivity index (χ4v) is 2.13. The molecule has 0 saturated carbocycles. The summed E-state index contributed by atoms with van der Waals surface area (Å²) in [5.74, 6) is -1.21. The average Bonchev–Trinajstić information content (AvgIpc) is 2.74. The lowest BCUT2D eigenvalue weighted by Gasteiger charge is -2.17. The summed E-state index contributed by atoms with van der Waals surface area (Å²) < 4.78 is 4.88. The molecule has 1 fully saturated rings. The highest BCUT2D eigenvalue weighted by molar-refractivity contribution is 5.85. The van der Waals surface area contributed by atoms with Crippen molar-refractivity contribution in [2.24, 2.45) is 5.92 Å². The lowest BCUT2D eigenvalue weighted by atomic mass is 10.1. The number of hydrogen-bond donors (Lipinski definition) is 2.